The van der Waals surface area contributed by atoms with Crippen molar-refractivity contribution in [1.29, 1.82) is 5.26 Å². The quantitative estimate of drug-likeness (QED) is 0.420. The molecule has 1 heterocycles. The van der Waals surface area contributed by atoms with E-state index in [9.17, 15) is 9.59 Å². The van der Waals surface area contributed by atoms with E-state index in [1.807, 2.05) is 0 Å². The van der Waals surface area contributed by atoms with Gasteiger partial charge in [-0.25, -0.2) is 14.8 Å². The van der Waals surface area contributed by atoms with Gasteiger partial charge in [0.1, 0.15) is 11.6 Å². The second-order valence-electron chi connectivity index (χ2n) is 3.46. The predicted molar refractivity (Wildman–Crippen MR) is 64.2 cm³/mol. The fraction of sp³-hybridized carbons (Fsp3) is 0.182. The van der Waals surface area contributed by atoms with Crippen molar-refractivity contribution >= 4 is 17.6 Å². The normalized spacial score (nSPS) is 11.2. The summed E-state index contributed by atoms with van der Waals surface area (Å²) in [6, 6.07) is 1.64. The lowest BCUT2D eigenvalue weighted by Crippen LogP contribution is -2.19. The lowest BCUT2D eigenvalue weighted by atomic mass is 10.1. The highest BCUT2D eigenvalue weighted by Gasteiger charge is 2.18. The van der Waals surface area contributed by atoms with Crippen LogP contribution in [0.15, 0.2) is 23.7 Å². The van der Waals surface area contributed by atoms with E-state index in [-0.39, 0.29) is 22.8 Å². The van der Waals surface area contributed by atoms with Crippen LogP contribution >= 0.6 is 0 Å². The molecule has 0 atom stereocenters. The molecular weight excluding hydrogens is 250 g/mol. The molecule has 8 heteroatoms. The van der Waals surface area contributed by atoms with Gasteiger partial charge in [0.25, 0.3) is 0 Å². The zero-order valence-corrected chi connectivity index (χ0v) is 10.1. The minimum atomic E-state index is -0.897. The maximum atomic E-state index is 11.6. The number of Topliss-reactive ketones (excluding diaryl/α,β-unsaturated/α-hetero) is 1. The van der Waals surface area contributed by atoms with Crippen LogP contribution in [0.3, 0.4) is 0 Å². The van der Waals surface area contributed by atoms with Crippen molar-refractivity contribution in [2.45, 2.75) is 6.92 Å². The molecule has 0 spiro atoms. The third-order valence-corrected chi connectivity index (χ3v) is 2.04. The van der Waals surface area contributed by atoms with Crippen molar-refractivity contribution < 1.29 is 14.3 Å². The molecule has 4 N–H and O–H groups in total. The van der Waals surface area contributed by atoms with Crippen LogP contribution in [0, 0.1) is 11.3 Å². The third kappa shape index (κ3) is 3.50. The first kappa shape index (κ1) is 14.1. The summed E-state index contributed by atoms with van der Waals surface area (Å²) in [6.07, 6.45) is 2.57. The van der Waals surface area contributed by atoms with Gasteiger partial charge in [0.15, 0.2) is 18.1 Å². The third-order valence-electron chi connectivity index (χ3n) is 2.04. The average molecular weight is 261 g/mol. The number of anilines is 1. The number of hydrogen-bond acceptors (Lipinski definition) is 8. The summed E-state index contributed by atoms with van der Waals surface area (Å²) < 4.78 is 4.69. The lowest BCUT2D eigenvalue weighted by Gasteiger charge is -2.04. The summed E-state index contributed by atoms with van der Waals surface area (Å²) in [6.45, 7) is 0.783. The molecule has 0 unspecified atom stereocenters. The molecule has 8 nitrogen and oxygen atoms in total. The molecule has 0 aliphatic heterocycles. The Morgan fingerprint density at radius 1 is 1.42 bits per heavy atom. The molecule has 98 valence electrons. The lowest BCUT2D eigenvalue weighted by molar-refractivity contribution is -0.118. The molecule has 0 amide bonds. The number of nitrogen functional groups attached to an aromatic ring is 1. The van der Waals surface area contributed by atoms with E-state index in [0.717, 1.165) is 0 Å². The van der Waals surface area contributed by atoms with Crippen LogP contribution in [0.1, 0.15) is 17.4 Å². The zero-order valence-electron chi connectivity index (χ0n) is 10.1. The number of hydrogen-bond donors (Lipinski definition) is 2. The number of ether oxygens (including phenoxy) is 1. The fourth-order valence-electron chi connectivity index (χ4n) is 1.15. The second kappa shape index (κ2) is 6.11. The standard InChI is InChI=1S/C11H11N5O3/c1-6(13)7(4-12)8(17)5-19-11(18)9-10(14)16-3-2-15-9/h2-3H,5,13H2,1H3,(H2,14,16). The number of nitrogens with two attached hydrogens (primary N) is 2. The zero-order chi connectivity index (χ0) is 14.4. The van der Waals surface area contributed by atoms with Gasteiger partial charge in [-0.05, 0) is 6.92 Å². The first-order valence-electron chi connectivity index (χ1n) is 5.10. The van der Waals surface area contributed by atoms with E-state index in [1.165, 1.54) is 19.3 Å². The predicted octanol–water partition coefficient (Wildman–Crippen LogP) is -0.459. The molecule has 1 aromatic rings. The van der Waals surface area contributed by atoms with Crippen molar-refractivity contribution in [2.75, 3.05) is 12.3 Å². The van der Waals surface area contributed by atoms with Crippen molar-refractivity contribution in [3.63, 3.8) is 0 Å². The molecule has 1 rings (SSSR count). The van der Waals surface area contributed by atoms with Crippen LogP contribution in [0.4, 0.5) is 5.82 Å². The molecule has 0 bridgehead atoms. The number of nitriles is 1. The fourth-order valence-corrected chi connectivity index (χ4v) is 1.15. The number of allylic oxidation sites excluding steroid dienone is 1. The minimum Gasteiger partial charge on any atom is -0.452 e. The van der Waals surface area contributed by atoms with Gasteiger partial charge in [-0.2, -0.15) is 5.26 Å². The Bertz CT molecular complexity index is 584. The minimum absolute atomic E-state index is 0.0579. The maximum Gasteiger partial charge on any atom is 0.361 e. The number of nitrogens with zero attached hydrogens (tertiary/aromatic N) is 3. The maximum absolute atomic E-state index is 11.6. The van der Waals surface area contributed by atoms with E-state index in [2.05, 4.69) is 9.97 Å². The Hall–Kier alpha value is -2.95. The molecule has 0 radical (unpaired) electrons. The van der Waals surface area contributed by atoms with Crippen LogP contribution < -0.4 is 11.5 Å². The van der Waals surface area contributed by atoms with Gasteiger partial charge in [-0.3, -0.25) is 4.79 Å². The van der Waals surface area contributed by atoms with Crippen molar-refractivity contribution in [3.05, 3.63) is 29.4 Å². The Balaban J connectivity index is 2.72. The number of ketones is 1. The van der Waals surface area contributed by atoms with Gasteiger partial charge in [0.2, 0.25) is 5.78 Å². The topological polar surface area (TPSA) is 145 Å². The summed E-state index contributed by atoms with van der Waals surface area (Å²) in [4.78, 5) is 30.4. The molecule has 0 fully saturated rings. The van der Waals surface area contributed by atoms with Crippen molar-refractivity contribution in [3.8, 4) is 6.07 Å². The van der Waals surface area contributed by atoms with Crippen LogP contribution in [-0.2, 0) is 9.53 Å². The summed E-state index contributed by atoms with van der Waals surface area (Å²) in [5.41, 5.74) is 10.4. The number of carbonyl (C=O) groups excluding carboxylic acids is 2. The highest BCUT2D eigenvalue weighted by Crippen LogP contribution is 2.06. The Labute approximate surface area is 108 Å². The number of aromatic nitrogens is 2. The Morgan fingerprint density at radius 3 is 2.58 bits per heavy atom. The van der Waals surface area contributed by atoms with Gasteiger partial charge in [-0.1, -0.05) is 0 Å². The molecule has 0 saturated carbocycles. The summed E-state index contributed by atoms with van der Waals surface area (Å²) in [7, 11) is 0. The summed E-state index contributed by atoms with van der Waals surface area (Å²) in [5.74, 6) is -1.70. The molecule has 0 aromatic carbocycles. The largest absolute Gasteiger partial charge is 0.452 e. The van der Waals surface area contributed by atoms with Crippen molar-refractivity contribution in [1.82, 2.24) is 9.97 Å². The molecule has 0 saturated heterocycles. The molecule has 1 aromatic heterocycles. The molecule has 0 aliphatic carbocycles. The van der Waals surface area contributed by atoms with Crippen LogP contribution in [-0.4, -0.2) is 28.3 Å². The number of esters is 1. The first-order chi connectivity index (χ1) is 8.97. The van der Waals surface area contributed by atoms with Gasteiger partial charge in [0.05, 0.1) is 0 Å². The van der Waals surface area contributed by atoms with Crippen LogP contribution in [0.5, 0.6) is 0 Å². The van der Waals surface area contributed by atoms with Gasteiger partial charge in [0, 0.05) is 18.1 Å². The summed E-state index contributed by atoms with van der Waals surface area (Å²) in [5, 5.41) is 8.70. The second-order valence-corrected chi connectivity index (χ2v) is 3.46. The summed E-state index contributed by atoms with van der Waals surface area (Å²) >= 11 is 0. The van der Waals surface area contributed by atoms with E-state index in [1.54, 1.807) is 6.07 Å². The first-order valence-corrected chi connectivity index (χ1v) is 5.10. The number of carbonyl (C=O) groups is 2. The SMILES string of the molecule is CC(N)=C(C#N)C(=O)COC(=O)c1nccnc1N. The average Bonchev–Trinajstić information content (AvgIpc) is 2.37. The Kier molecular flexibility index (Phi) is 4.54. The van der Waals surface area contributed by atoms with Gasteiger partial charge in [-0.15, -0.1) is 0 Å². The van der Waals surface area contributed by atoms with Crippen LogP contribution in [0.25, 0.3) is 0 Å². The number of rotatable bonds is 4. The highest BCUT2D eigenvalue weighted by atomic mass is 16.5. The Morgan fingerprint density at radius 2 is 2.05 bits per heavy atom. The molecular formula is C11H11N5O3. The van der Waals surface area contributed by atoms with Crippen molar-refractivity contribution in [2.24, 2.45) is 5.73 Å². The van der Waals surface area contributed by atoms with Crippen LogP contribution in [0.2, 0.25) is 0 Å². The van der Waals surface area contributed by atoms with Gasteiger partial charge >= 0.3 is 5.97 Å². The smallest absolute Gasteiger partial charge is 0.361 e. The van der Waals surface area contributed by atoms with Gasteiger partial charge < -0.3 is 16.2 Å². The van der Waals surface area contributed by atoms with E-state index in [0.29, 0.717) is 0 Å². The van der Waals surface area contributed by atoms with E-state index in [4.69, 9.17) is 21.5 Å². The highest BCUT2D eigenvalue weighted by molar-refractivity contribution is 6.02. The monoisotopic (exact) mass is 261 g/mol. The van der Waals surface area contributed by atoms with E-state index < -0.39 is 18.4 Å². The molecule has 0 aliphatic rings. The molecule has 19 heavy (non-hydrogen) atoms. The van der Waals surface area contributed by atoms with E-state index >= 15 is 0 Å².